The van der Waals surface area contributed by atoms with Crippen LogP contribution in [0, 0.1) is 6.92 Å². The smallest absolute Gasteiger partial charge is 0.289 e. The van der Waals surface area contributed by atoms with Crippen molar-refractivity contribution in [1.82, 2.24) is 0 Å². The van der Waals surface area contributed by atoms with Gasteiger partial charge in [-0.1, -0.05) is 72.8 Å². The molecule has 4 aromatic rings. The van der Waals surface area contributed by atoms with Gasteiger partial charge >= 0.3 is 0 Å². The summed E-state index contributed by atoms with van der Waals surface area (Å²) >= 11 is 0. The van der Waals surface area contributed by atoms with E-state index >= 15 is 0 Å². The monoisotopic (exact) mass is 414 g/mol. The summed E-state index contributed by atoms with van der Waals surface area (Å²) in [7, 11) is 0. The number of hydrogen-bond acceptors (Lipinski definition) is 5. The molecule has 0 unspecified atom stereocenters. The number of benzene rings is 3. The van der Waals surface area contributed by atoms with Crippen molar-refractivity contribution < 1.29 is 19.0 Å². The molecule has 0 spiro atoms. The topological polar surface area (TPSA) is 68.9 Å². The molecule has 1 heterocycles. The summed E-state index contributed by atoms with van der Waals surface area (Å²) in [5.41, 5.74) is 2.11. The van der Waals surface area contributed by atoms with Gasteiger partial charge in [-0.15, -0.1) is 0 Å². The van der Waals surface area contributed by atoms with E-state index in [1.807, 2.05) is 72.8 Å². The van der Waals surface area contributed by atoms with Gasteiger partial charge in [-0.3, -0.25) is 4.79 Å². The van der Waals surface area contributed by atoms with Crippen LogP contribution in [0.3, 0.4) is 0 Å². The van der Waals surface area contributed by atoms with Crippen LogP contribution in [0.2, 0.25) is 0 Å². The second-order valence-corrected chi connectivity index (χ2v) is 7.06. The summed E-state index contributed by atoms with van der Waals surface area (Å²) < 4.78 is 17.5. The summed E-state index contributed by atoms with van der Waals surface area (Å²) in [5, 5.41) is 10.2. The first-order valence-corrected chi connectivity index (χ1v) is 9.93. The summed E-state index contributed by atoms with van der Waals surface area (Å²) in [6, 6.07) is 26.5. The summed E-state index contributed by atoms with van der Waals surface area (Å²) in [6.07, 6.45) is 0. The zero-order valence-electron chi connectivity index (χ0n) is 17.1. The maximum atomic E-state index is 12.9. The van der Waals surface area contributed by atoms with Gasteiger partial charge in [0.2, 0.25) is 11.2 Å². The Hall–Kier alpha value is -3.99. The molecule has 0 radical (unpaired) electrons. The van der Waals surface area contributed by atoms with Gasteiger partial charge in [0.05, 0.1) is 11.1 Å². The molecule has 31 heavy (non-hydrogen) atoms. The van der Waals surface area contributed by atoms with Gasteiger partial charge < -0.3 is 19.0 Å². The number of ether oxygens (including phenoxy) is 2. The molecule has 0 aliphatic rings. The minimum atomic E-state index is -0.440. The highest BCUT2D eigenvalue weighted by molar-refractivity contribution is 5.71. The van der Waals surface area contributed by atoms with Crippen molar-refractivity contribution in [2.24, 2.45) is 0 Å². The molecule has 0 bridgehead atoms. The second kappa shape index (κ2) is 9.22. The van der Waals surface area contributed by atoms with Gasteiger partial charge in [0.1, 0.15) is 19.0 Å². The van der Waals surface area contributed by atoms with Gasteiger partial charge in [-0.2, -0.15) is 0 Å². The van der Waals surface area contributed by atoms with Crippen molar-refractivity contribution in [3.8, 4) is 28.8 Å². The molecule has 0 saturated carbocycles. The van der Waals surface area contributed by atoms with Crippen molar-refractivity contribution in [3.05, 3.63) is 112 Å². The van der Waals surface area contributed by atoms with Crippen LogP contribution in [0.4, 0.5) is 0 Å². The largest absolute Gasteiger partial charge is 0.488 e. The van der Waals surface area contributed by atoms with Crippen LogP contribution in [0.5, 0.6) is 17.4 Å². The van der Waals surface area contributed by atoms with Crippen LogP contribution in [0.1, 0.15) is 16.7 Å². The number of para-hydroxylation sites is 1. The first-order chi connectivity index (χ1) is 15.1. The third-order valence-corrected chi connectivity index (χ3v) is 4.87. The molecule has 5 nitrogen and oxygen atoms in total. The van der Waals surface area contributed by atoms with Crippen LogP contribution in [0.25, 0.3) is 11.3 Å². The van der Waals surface area contributed by atoms with Gasteiger partial charge in [-0.05, 0) is 30.2 Å². The average molecular weight is 414 g/mol. The van der Waals surface area contributed by atoms with Crippen LogP contribution in [-0.2, 0) is 13.2 Å². The Labute approximate surface area is 180 Å². The minimum absolute atomic E-state index is 0.0370. The Kier molecular flexibility index (Phi) is 6.03. The van der Waals surface area contributed by atoms with E-state index in [-0.39, 0.29) is 23.7 Å². The molecule has 0 saturated heterocycles. The zero-order chi connectivity index (χ0) is 21.6. The van der Waals surface area contributed by atoms with E-state index in [1.54, 1.807) is 12.1 Å². The fraction of sp³-hybridized carbons (Fsp3) is 0.115. The van der Waals surface area contributed by atoms with Crippen molar-refractivity contribution in [2.45, 2.75) is 20.1 Å². The molecule has 0 aliphatic carbocycles. The third kappa shape index (κ3) is 4.61. The standard InChI is InChI=1S/C26H22O5/c1-18-23(27)25(30-17-20-12-6-3-7-13-20)24(31-26(18)28)21-14-8-9-15-22(21)29-16-19-10-4-2-5-11-19/h2-15,28H,16-17H2,1H3. The van der Waals surface area contributed by atoms with Crippen molar-refractivity contribution in [3.63, 3.8) is 0 Å². The number of rotatable bonds is 7. The lowest BCUT2D eigenvalue weighted by Crippen LogP contribution is -2.12. The van der Waals surface area contributed by atoms with E-state index in [2.05, 4.69) is 0 Å². The fourth-order valence-electron chi connectivity index (χ4n) is 3.14. The molecule has 0 amide bonds. The summed E-state index contributed by atoms with van der Waals surface area (Å²) in [4.78, 5) is 12.9. The maximum absolute atomic E-state index is 12.9. The van der Waals surface area contributed by atoms with Crippen molar-refractivity contribution in [1.29, 1.82) is 0 Å². The number of hydrogen-bond donors (Lipinski definition) is 1. The minimum Gasteiger partial charge on any atom is -0.488 e. The van der Waals surface area contributed by atoms with E-state index in [1.165, 1.54) is 6.92 Å². The van der Waals surface area contributed by atoms with Crippen LogP contribution in [-0.4, -0.2) is 5.11 Å². The van der Waals surface area contributed by atoms with Crippen molar-refractivity contribution in [2.75, 3.05) is 0 Å². The summed E-state index contributed by atoms with van der Waals surface area (Å²) in [5.74, 6) is 0.245. The molecular formula is C26H22O5. The highest BCUT2D eigenvalue weighted by Gasteiger charge is 2.22. The predicted molar refractivity (Wildman–Crippen MR) is 118 cm³/mol. The third-order valence-electron chi connectivity index (χ3n) is 4.87. The van der Waals surface area contributed by atoms with E-state index in [4.69, 9.17) is 13.9 Å². The lowest BCUT2D eigenvalue weighted by molar-refractivity contribution is 0.273. The van der Waals surface area contributed by atoms with Crippen LogP contribution >= 0.6 is 0 Å². The molecule has 0 aliphatic heterocycles. The first-order valence-electron chi connectivity index (χ1n) is 9.93. The number of aromatic hydroxyl groups is 1. The molecule has 0 atom stereocenters. The molecular weight excluding hydrogens is 392 g/mol. The normalized spacial score (nSPS) is 10.6. The highest BCUT2D eigenvalue weighted by Crippen LogP contribution is 2.38. The Morgan fingerprint density at radius 1 is 0.774 bits per heavy atom. The van der Waals surface area contributed by atoms with Gasteiger partial charge in [-0.25, -0.2) is 0 Å². The Morgan fingerprint density at radius 3 is 1.97 bits per heavy atom. The van der Waals surface area contributed by atoms with Crippen LogP contribution in [0.15, 0.2) is 94.1 Å². The molecule has 3 aromatic carbocycles. The quantitative estimate of drug-likeness (QED) is 0.434. The zero-order valence-corrected chi connectivity index (χ0v) is 17.1. The van der Waals surface area contributed by atoms with Gasteiger partial charge in [0, 0.05) is 0 Å². The average Bonchev–Trinajstić information content (AvgIpc) is 2.82. The van der Waals surface area contributed by atoms with E-state index < -0.39 is 11.4 Å². The second-order valence-electron chi connectivity index (χ2n) is 7.06. The van der Waals surface area contributed by atoms with E-state index in [0.717, 1.165) is 11.1 Å². The molecule has 4 rings (SSSR count). The van der Waals surface area contributed by atoms with E-state index in [0.29, 0.717) is 17.9 Å². The fourth-order valence-corrected chi connectivity index (χ4v) is 3.14. The van der Waals surface area contributed by atoms with Gasteiger partial charge in [0.15, 0.2) is 5.76 Å². The Morgan fingerprint density at radius 2 is 1.32 bits per heavy atom. The molecule has 1 N–H and O–H groups in total. The molecule has 156 valence electrons. The first kappa shape index (κ1) is 20.3. The molecule has 1 aromatic heterocycles. The summed E-state index contributed by atoms with van der Waals surface area (Å²) in [6.45, 7) is 2.04. The van der Waals surface area contributed by atoms with Gasteiger partial charge in [0.25, 0.3) is 5.95 Å². The highest BCUT2D eigenvalue weighted by atomic mass is 16.5. The Bertz CT molecular complexity index is 1210. The molecule has 0 fully saturated rings. The Balaban J connectivity index is 1.71. The lowest BCUT2D eigenvalue weighted by Gasteiger charge is -2.15. The SMILES string of the molecule is Cc1c(O)oc(-c2ccccc2OCc2ccccc2)c(OCc2ccccc2)c1=O. The molecule has 5 heteroatoms. The van der Waals surface area contributed by atoms with E-state index in [9.17, 15) is 9.90 Å². The maximum Gasteiger partial charge on any atom is 0.289 e. The lowest BCUT2D eigenvalue weighted by atomic mass is 10.1. The van der Waals surface area contributed by atoms with Crippen molar-refractivity contribution >= 4 is 0 Å². The predicted octanol–water partition coefficient (Wildman–Crippen LogP) is 5.48. The van der Waals surface area contributed by atoms with Crippen LogP contribution < -0.4 is 14.9 Å².